The Bertz CT molecular complexity index is 1380. The number of alkyl halides is 6. The zero-order valence-electron chi connectivity index (χ0n) is 18.7. The Morgan fingerprint density at radius 3 is 2.50 bits per heavy atom. The molecule has 0 N–H and O–H groups in total. The number of carbonyl (C=O) groups excluding carboxylic acids is 1. The Morgan fingerprint density at radius 1 is 1.19 bits per heavy atom. The third-order valence-corrected chi connectivity index (χ3v) is 6.97. The summed E-state index contributed by atoms with van der Waals surface area (Å²) in [5, 5.41) is 13.1. The summed E-state index contributed by atoms with van der Waals surface area (Å²) in [6.07, 6.45) is -8.41. The summed E-state index contributed by atoms with van der Waals surface area (Å²) in [5.74, 6) is -2.10. The number of thiophene rings is 1. The average molecular weight is 524 g/mol. The molecule has 1 aliphatic heterocycles. The van der Waals surface area contributed by atoms with Crippen molar-refractivity contribution in [3.05, 3.63) is 75.3 Å². The smallest absolute Gasteiger partial charge is 0.333 e. The van der Waals surface area contributed by atoms with Gasteiger partial charge in [-0.2, -0.15) is 36.7 Å². The number of aromatic nitrogens is 2. The van der Waals surface area contributed by atoms with Crippen LogP contribution in [0.4, 0.5) is 26.3 Å². The van der Waals surface area contributed by atoms with E-state index in [0.717, 1.165) is 20.9 Å². The van der Waals surface area contributed by atoms with Gasteiger partial charge in [-0.15, -0.1) is 11.3 Å². The van der Waals surface area contributed by atoms with E-state index in [1.807, 2.05) is 6.07 Å². The number of nitrogens with zero attached hydrogens (tertiary/aromatic N) is 4. The normalized spacial score (nSPS) is 15.9. The van der Waals surface area contributed by atoms with Crippen LogP contribution < -0.4 is 0 Å². The molecule has 2 aromatic heterocycles. The molecule has 3 aromatic rings. The fourth-order valence-electron chi connectivity index (χ4n) is 4.24. The first-order chi connectivity index (χ1) is 16.8. The SMILES string of the molecule is C=C(C(=O)N1Cc2sc(C#N)cc2[C@H](c2ccccc2-c2cn(CC)nc2C(F)(F)F)C1)C(F)(F)F. The number of benzene rings is 1. The predicted octanol–water partition coefficient (Wildman–Crippen LogP) is 6.11. The van der Waals surface area contributed by atoms with E-state index in [-0.39, 0.29) is 35.6 Å². The highest BCUT2D eigenvalue weighted by Crippen LogP contribution is 2.44. The first-order valence-electron chi connectivity index (χ1n) is 10.7. The number of nitriles is 1. The van der Waals surface area contributed by atoms with Gasteiger partial charge in [-0.25, -0.2) is 0 Å². The molecule has 0 fully saturated rings. The van der Waals surface area contributed by atoms with E-state index in [2.05, 4.69) is 11.7 Å². The molecule has 1 aliphatic rings. The fraction of sp³-hybridized carbons (Fsp3) is 0.292. The van der Waals surface area contributed by atoms with Gasteiger partial charge in [0.2, 0.25) is 0 Å². The minimum atomic E-state index is -4.94. The second-order valence-electron chi connectivity index (χ2n) is 8.15. The van der Waals surface area contributed by atoms with Crippen molar-refractivity contribution in [1.29, 1.82) is 5.26 Å². The molecule has 0 radical (unpaired) electrons. The van der Waals surface area contributed by atoms with E-state index < -0.39 is 35.4 Å². The highest BCUT2D eigenvalue weighted by Gasteiger charge is 2.42. The largest absolute Gasteiger partial charge is 0.435 e. The Kier molecular flexibility index (Phi) is 6.47. The molecule has 3 heterocycles. The van der Waals surface area contributed by atoms with Crippen LogP contribution >= 0.6 is 11.3 Å². The minimum absolute atomic E-state index is 0.171. The molecule has 1 atom stereocenters. The Hall–Kier alpha value is -3.59. The number of halogens is 6. The summed E-state index contributed by atoms with van der Waals surface area (Å²) >= 11 is 1.03. The third kappa shape index (κ3) is 4.63. The molecular weight excluding hydrogens is 506 g/mol. The van der Waals surface area contributed by atoms with Crippen molar-refractivity contribution in [2.75, 3.05) is 6.54 Å². The maximum absolute atomic E-state index is 13.8. The Balaban J connectivity index is 1.87. The van der Waals surface area contributed by atoms with Gasteiger partial charge in [0.15, 0.2) is 5.69 Å². The molecule has 12 heteroatoms. The van der Waals surface area contributed by atoms with Crippen molar-refractivity contribution in [2.45, 2.75) is 38.3 Å². The molecule has 0 bridgehead atoms. The second kappa shape index (κ2) is 9.13. The summed E-state index contributed by atoms with van der Waals surface area (Å²) in [6, 6.07) is 9.76. The number of amides is 1. The van der Waals surface area contributed by atoms with Crippen molar-refractivity contribution in [1.82, 2.24) is 14.7 Å². The van der Waals surface area contributed by atoms with Crippen molar-refractivity contribution in [3.63, 3.8) is 0 Å². The summed E-state index contributed by atoms with van der Waals surface area (Å²) < 4.78 is 82.3. The quantitative estimate of drug-likeness (QED) is 0.306. The van der Waals surface area contributed by atoms with Crippen LogP contribution in [0.15, 0.2) is 48.7 Å². The number of rotatable bonds is 4. The van der Waals surface area contributed by atoms with Gasteiger partial charge >= 0.3 is 12.4 Å². The van der Waals surface area contributed by atoms with Crippen molar-refractivity contribution in [2.24, 2.45) is 0 Å². The van der Waals surface area contributed by atoms with Crippen molar-refractivity contribution < 1.29 is 31.1 Å². The molecule has 1 aromatic carbocycles. The van der Waals surface area contributed by atoms with Gasteiger partial charge in [0.05, 0.1) is 6.54 Å². The van der Waals surface area contributed by atoms with Crippen LogP contribution in [0.1, 0.15) is 39.4 Å². The Morgan fingerprint density at radius 2 is 1.89 bits per heavy atom. The highest BCUT2D eigenvalue weighted by atomic mass is 32.1. The van der Waals surface area contributed by atoms with E-state index in [1.165, 1.54) is 12.3 Å². The molecule has 0 saturated heterocycles. The molecule has 0 unspecified atom stereocenters. The molecule has 36 heavy (non-hydrogen) atoms. The lowest BCUT2D eigenvalue weighted by molar-refractivity contribution is -0.141. The zero-order chi connectivity index (χ0) is 26.4. The van der Waals surface area contributed by atoms with Crippen LogP contribution in [0, 0.1) is 11.3 Å². The lowest BCUT2D eigenvalue weighted by Gasteiger charge is -2.34. The standard InChI is InChI=1S/C24H18F6N4OS/c1-3-34-11-19(21(32-34)24(28,29)30)16-7-5-4-6-15(16)18-10-33(22(35)13(2)23(25,26)27)12-20-17(18)8-14(9-31)36-20/h4-8,11,18H,2-3,10,12H2,1H3/t18-/m0/s1. The van der Waals surface area contributed by atoms with Crippen molar-refractivity contribution >= 4 is 17.2 Å². The van der Waals surface area contributed by atoms with Crippen LogP contribution in [-0.2, 0) is 24.1 Å². The van der Waals surface area contributed by atoms with Gasteiger partial charge < -0.3 is 4.90 Å². The van der Waals surface area contributed by atoms with E-state index in [4.69, 9.17) is 0 Å². The molecular formula is C24H18F6N4OS. The molecule has 0 saturated carbocycles. The van der Waals surface area contributed by atoms with E-state index >= 15 is 0 Å². The molecule has 0 spiro atoms. The summed E-state index contributed by atoms with van der Waals surface area (Å²) in [5.41, 5.74) is -1.66. The average Bonchev–Trinajstić information content (AvgIpc) is 3.46. The van der Waals surface area contributed by atoms with Crippen LogP contribution in [0.3, 0.4) is 0 Å². The second-order valence-corrected chi connectivity index (χ2v) is 9.28. The van der Waals surface area contributed by atoms with E-state index in [0.29, 0.717) is 16.0 Å². The number of carbonyl (C=O) groups is 1. The van der Waals surface area contributed by atoms with Gasteiger partial charge in [-0.1, -0.05) is 30.8 Å². The van der Waals surface area contributed by atoms with Gasteiger partial charge in [-0.3, -0.25) is 9.48 Å². The first-order valence-corrected chi connectivity index (χ1v) is 11.5. The molecule has 0 aliphatic carbocycles. The molecule has 4 rings (SSSR count). The summed E-state index contributed by atoms with van der Waals surface area (Å²) in [6.45, 7) is 4.32. The van der Waals surface area contributed by atoms with Gasteiger partial charge in [0.25, 0.3) is 5.91 Å². The number of fused-ring (bicyclic) bond motifs is 1. The number of hydrogen-bond acceptors (Lipinski definition) is 4. The minimum Gasteiger partial charge on any atom is -0.333 e. The maximum atomic E-state index is 13.8. The zero-order valence-corrected chi connectivity index (χ0v) is 19.6. The van der Waals surface area contributed by atoms with Crippen LogP contribution in [0.25, 0.3) is 11.1 Å². The topological polar surface area (TPSA) is 61.9 Å². The van der Waals surface area contributed by atoms with Crippen LogP contribution in [0.2, 0.25) is 0 Å². The molecule has 188 valence electrons. The molecule has 1 amide bonds. The Labute approximate surface area is 205 Å². The van der Waals surface area contributed by atoms with Gasteiger partial charge in [0, 0.05) is 35.6 Å². The third-order valence-electron chi connectivity index (χ3n) is 5.93. The lowest BCUT2D eigenvalue weighted by Crippen LogP contribution is -2.41. The lowest BCUT2D eigenvalue weighted by atomic mass is 9.83. The first kappa shape index (κ1) is 25.5. The number of hydrogen-bond donors (Lipinski definition) is 0. The van der Waals surface area contributed by atoms with E-state index in [9.17, 15) is 36.4 Å². The van der Waals surface area contributed by atoms with Crippen LogP contribution in [-0.4, -0.2) is 33.3 Å². The summed E-state index contributed by atoms with van der Waals surface area (Å²) in [4.78, 5) is 14.4. The van der Waals surface area contributed by atoms with Crippen molar-refractivity contribution in [3.8, 4) is 17.2 Å². The predicted molar refractivity (Wildman–Crippen MR) is 120 cm³/mol. The van der Waals surface area contributed by atoms with Gasteiger partial charge in [0.1, 0.15) is 16.5 Å². The van der Waals surface area contributed by atoms with E-state index in [1.54, 1.807) is 31.2 Å². The highest BCUT2D eigenvalue weighted by molar-refractivity contribution is 7.12. The fourth-order valence-corrected chi connectivity index (χ4v) is 5.28. The maximum Gasteiger partial charge on any atom is 0.435 e. The number of aryl methyl sites for hydroxylation is 1. The summed E-state index contributed by atoms with van der Waals surface area (Å²) in [7, 11) is 0. The molecule has 5 nitrogen and oxygen atoms in total. The van der Waals surface area contributed by atoms with Crippen LogP contribution in [0.5, 0.6) is 0 Å². The monoisotopic (exact) mass is 524 g/mol. The van der Waals surface area contributed by atoms with Gasteiger partial charge in [-0.05, 0) is 29.7 Å².